The van der Waals surface area contributed by atoms with Crippen LogP contribution in [0.2, 0.25) is 0 Å². The average Bonchev–Trinajstić information content (AvgIpc) is 2.01. The van der Waals surface area contributed by atoms with Crippen molar-refractivity contribution in [2.45, 2.75) is 40.5 Å². The Morgan fingerprint density at radius 3 is 2.17 bits per heavy atom. The molecule has 0 unspecified atom stereocenters. The summed E-state index contributed by atoms with van der Waals surface area (Å²) in [5.41, 5.74) is 1.52. The van der Waals surface area contributed by atoms with Crippen LogP contribution in [-0.2, 0) is 0 Å². The van der Waals surface area contributed by atoms with E-state index in [1.165, 1.54) is 18.5 Å². The van der Waals surface area contributed by atoms with Gasteiger partial charge in [0.2, 0.25) is 0 Å². The molecule has 12 heavy (non-hydrogen) atoms. The van der Waals surface area contributed by atoms with E-state index < -0.39 is 0 Å². The van der Waals surface area contributed by atoms with Crippen LogP contribution in [0.4, 0.5) is 0 Å². The first-order chi connectivity index (χ1) is 5.45. The quantitative estimate of drug-likeness (QED) is 0.610. The highest BCUT2D eigenvalue weighted by molar-refractivity contribution is 5.04. The van der Waals surface area contributed by atoms with Gasteiger partial charge in [0, 0.05) is 24.7 Å². The SMILES string of the molecule is C=C(N(C)CC)C(C)(C)CCC. The predicted molar refractivity (Wildman–Crippen MR) is 56.1 cm³/mol. The lowest BCUT2D eigenvalue weighted by atomic mass is 9.84. The molecule has 0 atom stereocenters. The molecule has 0 rings (SSSR count). The summed E-state index contributed by atoms with van der Waals surface area (Å²) in [6.45, 7) is 14.1. The van der Waals surface area contributed by atoms with Gasteiger partial charge in [-0.15, -0.1) is 0 Å². The molecule has 0 spiro atoms. The fourth-order valence-electron chi connectivity index (χ4n) is 1.48. The number of allylic oxidation sites excluding steroid dienone is 1. The molecule has 0 N–H and O–H groups in total. The summed E-state index contributed by atoms with van der Waals surface area (Å²) < 4.78 is 0. The maximum absolute atomic E-state index is 4.14. The topological polar surface area (TPSA) is 3.24 Å². The van der Waals surface area contributed by atoms with E-state index in [9.17, 15) is 0 Å². The lowest BCUT2D eigenvalue weighted by Gasteiger charge is -2.33. The van der Waals surface area contributed by atoms with Crippen LogP contribution in [0.25, 0.3) is 0 Å². The van der Waals surface area contributed by atoms with Crippen LogP contribution in [0, 0.1) is 5.41 Å². The molecule has 1 nitrogen and oxygen atoms in total. The molecule has 0 fully saturated rings. The largest absolute Gasteiger partial charge is 0.378 e. The Balaban J connectivity index is 4.24. The second-order valence-corrected chi connectivity index (χ2v) is 4.09. The van der Waals surface area contributed by atoms with Crippen molar-refractivity contribution >= 4 is 0 Å². The van der Waals surface area contributed by atoms with E-state index in [0.717, 1.165) is 6.54 Å². The first kappa shape index (κ1) is 11.5. The Bertz CT molecular complexity index is 147. The molecule has 0 aromatic heterocycles. The Kier molecular flexibility index (Phi) is 4.36. The minimum Gasteiger partial charge on any atom is -0.378 e. The standard InChI is InChI=1S/C11H23N/c1-7-9-11(4,5)10(3)12(6)8-2/h3,7-9H2,1-2,4-6H3. The van der Waals surface area contributed by atoms with Gasteiger partial charge < -0.3 is 4.90 Å². The van der Waals surface area contributed by atoms with Gasteiger partial charge in [-0.1, -0.05) is 33.8 Å². The van der Waals surface area contributed by atoms with Gasteiger partial charge in [0.1, 0.15) is 0 Å². The molecule has 0 amide bonds. The van der Waals surface area contributed by atoms with Crippen LogP contribution in [0.15, 0.2) is 12.3 Å². The van der Waals surface area contributed by atoms with E-state index in [-0.39, 0.29) is 5.41 Å². The monoisotopic (exact) mass is 169 g/mol. The molecule has 0 aromatic rings. The molecule has 1 heteroatoms. The van der Waals surface area contributed by atoms with Crippen molar-refractivity contribution in [1.82, 2.24) is 4.90 Å². The normalized spacial score (nSPS) is 11.4. The molecule has 0 saturated heterocycles. The third-order valence-electron chi connectivity index (χ3n) is 2.59. The molecular formula is C11H23N. The van der Waals surface area contributed by atoms with Gasteiger partial charge in [-0.05, 0) is 13.3 Å². The van der Waals surface area contributed by atoms with Crippen LogP contribution >= 0.6 is 0 Å². The van der Waals surface area contributed by atoms with Crippen LogP contribution in [0.5, 0.6) is 0 Å². The van der Waals surface area contributed by atoms with Crippen molar-refractivity contribution in [1.29, 1.82) is 0 Å². The van der Waals surface area contributed by atoms with Gasteiger partial charge in [-0.25, -0.2) is 0 Å². The molecule has 0 aliphatic carbocycles. The summed E-state index contributed by atoms with van der Waals surface area (Å²) in [5, 5.41) is 0. The molecule has 72 valence electrons. The number of nitrogens with zero attached hydrogens (tertiary/aromatic N) is 1. The minimum atomic E-state index is 0.263. The van der Waals surface area contributed by atoms with Crippen LogP contribution in [0.1, 0.15) is 40.5 Å². The molecule has 0 aromatic carbocycles. The molecule has 0 aliphatic heterocycles. The van der Waals surface area contributed by atoms with Crippen molar-refractivity contribution < 1.29 is 0 Å². The lowest BCUT2D eigenvalue weighted by molar-refractivity contribution is 0.284. The summed E-state index contributed by atoms with van der Waals surface area (Å²) in [7, 11) is 2.11. The third-order valence-corrected chi connectivity index (χ3v) is 2.59. The molecule has 0 bridgehead atoms. The molecular weight excluding hydrogens is 146 g/mol. The van der Waals surface area contributed by atoms with Gasteiger partial charge in [-0.2, -0.15) is 0 Å². The lowest BCUT2D eigenvalue weighted by Crippen LogP contribution is -2.27. The fraction of sp³-hybridized carbons (Fsp3) is 0.818. The first-order valence-corrected chi connectivity index (χ1v) is 4.86. The van der Waals surface area contributed by atoms with E-state index >= 15 is 0 Å². The van der Waals surface area contributed by atoms with Crippen LogP contribution < -0.4 is 0 Å². The van der Waals surface area contributed by atoms with E-state index in [1.807, 2.05) is 0 Å². The third kappa shape index (κ3) is 2.88. The van der Waals surface area contributed by atoms with Gasteiger partial charge in [0.15, 0.2) is 0 Å². The molecule has 0 saturated carbocycles. The Labute approximate surface area is 77.5 Å². The first-order valence-electron chi connectivity index (χ1n) is 4.86. The Morgan fingerprint density at radius 1 is 1.33 bits per heavy atom. The van der Waals surface area contributed by atoms with Gasteiger partial charge in [0.25, 0.3) is 0 Å². The van der Waals surface area contributed by atoms with Gasteiger partial charge in [0.05, 0.1) is 0 Å². The van der Waals surface area contributed by atoms with Crippen molar-refractivity contribution in [3.05, 3.63) is 12.3 Å². The minimum absolute atomic E-state index is 0.263. The summed E-state index contributed by atoms with van der Waals surface area (Å²) in [6.07, 6.45) is 2.44. The maximum atomic E-state index is 4.14. The Morgan fingerprint density at radius 2 is 1.83 bits per heavy atom. The Hall–Kier alpha value is -0.460. The molecule has 0 radical (unpaired) electrons. The van der Waals surface area contributed by atoms with Crippen molar-refractivity contribution in [2.75, 3.05) is 13.6 Å². The second-order valence-electron chi connectivity index (χ2n) is 4.09. The van der Waals surface area contributed by atoms with E-state index in [4.69, 9.17) is 0 Å². The van der Waals surface area contributed by atoms with Gasteiger partial charge >= 0.3 is 0 Å². The zero-order chi connectivity index (χ0) is 9.78. The highest BCUT2D eigenvalue weighted by Crippen LogP contribution is 2.31. The maximum Gasteiger partial charge on any atom is 0.0143 e. The summed E-state index contributed by atoms with van der Waals surface area (Å²) in [4.78, 5) is 2.23. The molecule has 0 aliphatic rings. The van der Waals surface area contributed by atoms with Crippen molar-refractivity contribution in [3.63, 3.8) is 0 Å². The number of rotatable bonds is 5. The molecule has 0 heterocycles. The smallest absolute Gasteiger partial charge is 0.0143 e. The van der Waals surface area contributed by atoms with E-state index in [2.05, 4.69) is 46.2 Å². The fourth-order valence-corrected chi connectivity index (χ4v) is 1.48. The predicted octanol–water partition coefficient (Wildman–Crippen LogP) is 3.28. The zero-order valence-electron chi connectivity index (χ0n) is 9.28. The summed E-state index contributed by atoms with van der Waals surface area (Å²) in [5.74, 6) is 0. The van der Waals surface area contributed by atoms with E-state index in [1.54, 1.807) is 0 Å². The number of hydrogen-bond acceptors (Lipinski definition) is 1. The average molecular weight is 169 g/mol. The van der Waals surface area contributed by atoms with Crippen LogP contribution in [-0.4, -0.2) is 18.5 Å². The van der Waals surface area contributed by atoms with Crippen molar-refractivity contribution in [3.8, 4) is 0 Å². The van der Waals surface area contributed by atoms with Crippen molar-refractivity contribution in [2.24, 2.45) is 5.41 Å². The highest BCUT2D eigenvalue weighted by Gasteiger charge is 2.22. The van der Waals surface area contributed by atoms with Crippen LogP contribution in [0.3, 0.4) is 0 Å². The summed E-state index contributed by atoms with van der Waals surface area (Å²) in [6, 6.07) is 0. The highest BCUT2D eigenvalue weighted by atomic mass is 15.1. The van der Waals surface area contributed by atoms with Gasteiger partial charge in [-0.3, -0.25) is 0 Å². The second kappa shape index (κ2) is 4.54. The zero-order valence-corrected chi connectivity index (χ0v) is 9.28. The van der Waals surface area contributed by atoms with E-state index in [0.29, 0.717) is 0 Å². The summed E-state index contributed by atoms with van der Waals surface area (Å²) >= 11 is 0. The number of hydrogen-bond donors (Lipinski definition) is 0.